The van der Waals surface area contributed by atoms with Crippen LogP contribution in [0.15, 0.2) is 30.3 Å². The molecule has 0 fully saturated rings. The lowest BCUT2D eigenvalue weighted by atomic mass is 10.1. The fourth-order valence-electron chi connectivity index (χ4n) is 2.25. The molecule has 1 atom stereocenters. The van der Waals surface area contributed by atoms with Gasteiger partial charge in [0.1, 0.15) is 17.4 Å². The van der Waals surface area contributed by atoms with Gasteiger partial charge in [-0.05, 0) is 25.1 Å². The van der Waals surface area contributed by atoms with E-state index in [4.69, 9.17) is 44.3 Å². The van der Waals surface area contributed by atoms with Crippen LogP contribution in [0.5, 0.6) is 11.5 Å². The summed E-state index contributed by atoms with van der Waals surface area (Å²) in [5.74, 6) is -1.49. The molecule has 0 saturated carbocycles. The maximum atomic E-state index is 12.4. The fourth-order valence-corrected chi connectivity index (χ4v) is 3.15. The molecule has 8 nitrogen and oxygen atoms in total. The summed E-state index contributed by atoms with van der Waals surface area (Å²) in [6.45, 7) is 1.45. The van der Waals surface area contributed by atoms with Crippen molar-refractivity contribution < 1.29 is 28.7 Å². The van der Waals surface area contributed by atoms with Crippen LogP contribution in [-0.4, -0.2) is 30.1 Å². The van der Waals surface area contributed by atoms with Gasteiger partial charge in [0.2, 0.25) is 0 Å². The first-order valence-corrected chi connectivity index (χ1v) is 9.14. The van der Waals surface area contributed by atoms with Crippen LogP contribution >= 0.6 is 34.8 Å². The monoisotopic (exact) mass is 461 g/mol. The van der Waals surface area contributed by atoms with E-state index in [0.717, 1.165) is 12.1 Å². The van der Waals surface area contributed by atoms with Gasteiger partial charge in [-0.1, -0.05) is 34.8 Å². The number of carbonyl (C=O) groups excluding carboxylic acids is 2. The molecular formula is C18H14Cl3NO7. The molecule has 29 heavy (non-hydrogen) atoms. The summed E-state index contributed by atoms with van der Waals surface area (Å²) in [6, 6.07) is 6.27. The highest BCUT2D eigenvalue weighted by Crippen LogP contribution is 2.39. The summed E-state index contributed by atoms with van der Waals surface area (Å²) in [7, 11) is 1.19. The zero-order valence-corrected chi connectivity index (χ0v) is 17.4. The number of nitrogens with zero attached hydrogens (tertiary/aromatic N) is 1. The first-order valence-electron chi connectivity index (χ1n) is 8.01. The fraction of sp³-hybridized carbons (Fsp3) is 0.222. The van der Waals surface area contributed by atoms with E-state index in [9.17, 15) is 19.7 Å². The Morgan fingerprint density at radius 2 is 1.76 bits per heavy atom. The minimum atomic E-state index is -1.01. The van der Waals surface area contributed by atoms with Crippen molar-refractivity contribution in [3.63, 3.8) is 0 Å². The van der Waals surface area contributed by atoms with Gasteiger partial charge in [-0.15, -0.1) is 0 Å². The highest BCUT2D eigenvalue weighted by Gasteiger charge is 2.25. The van der Waals surface area contributed by atoms with Gasteiger partial charge in [-0.2, -0.15) is 0 Å². The highest BCUT2D eigenvalue weighted by molar-refractivity contribution is 6.40. The van der Waals surface area contributed by atoms with Crippen LogP contribution in [0.2, 0.25) is 15.1 Å². The predicted molar refractivity (Wildman–Crippen MR) is 106 cm³/mol. The van der Waals surface area contributed by atoms with Crippen LogP contribution in [0.4, 0.5) is 5.69 Å². The van der Waals surface area contributed by atoms with Gasteiger partial charge in [-0.3, -0.25) is 14.9 Å². The van der Waals surface area contributed by atoms with Gasteiger partial charge in [0.05, 0.1) is 28.5 Å². The molecule has 2 aromatic carbocycles. The second kappa shape index (κ2) is 9.78. The molecule has 11 heteroatoms. The van der Waals surface area contributed by atoms with E-state index >= 15 is 0 Å². The van der Waals surface area contributed by atoms with Crippen LogP contribution in [0.25, 0.3) is 0 Å². The Labute approximate surface area is 180 Å². The SMILES string of the molecule is COC(=O)CC(C)OC(=O)c1cc(Oc2c(Cl)cc(Cl)cc2Cl)ccc1[N+](=O)[O-]. The van der Waals surface area contributed by atoms with Crippen molar-refractivity contribution in [2.75, 3.05) is 7.11 Å². The lowest BCUT2D eigenvalue weighted by Crippen LogP contribution is -2.20. The maximum absolute atomic E-state index is 12.4. The second-order valence-electron chi connectivity index (χ2n) is 5.73. The van der Waals surface area contributed by atoms with E-state index in [1.165, 1.54) is 32.2 Å². The number of benzene rings is 2. The molecule has 0 saturated heterocycles. The number of ether oxygens (including phenoxy) is 3. The smallest absolute Gasteiger partial charge is 0.345 e. The minimum absolute atomic E-state index is 0.0503. The number of halogens is 3. The van der Waals surface area contributed by atoms with Crippen molar-refractivity contribution in [2.45, 2.75) is 19.4 Å². The Morgan fingerprint density at radius 3 is 2.31 bits per heavy atom. The Bertz CT molecular complexity index is 941. The Morgan fingerprint density at radius 1 is 1.14 bits per heavy atom. The van der Waals surface area contributed by atoms with Gasteiger partial charge in [0, 0.05) is 17.2 Å². The van der Waals surface area contributed by atoms with Crippen molar-refractivity contribution in [1.82, 2.24) is 0 Å². The highest BCUT2D eigenvalue weighted by atomic mass is 35.5. The molecule has 0 heterocycles. The largest absolute Gasteiger partial charge is 0.469 e. The average molecular weight is 463 g/mol. The molecule has 0 N–H and O–H groups in total. The number of nitro groups is 1. The zero-order valence-electron chi connectivity index (χ0n) is 15.1. The normalized spacial score (nSPS) is 11.5. The molecule has 1 unspecified atom stereocenters. The molecule has 0 radical (unpaired) electrons. The Balaban J connectivity index is 2.33. The van der Waals surface area contributed by atoms with Crippen molar-refractivity contribution in [3.8, 4) is 11.5 Å². The molecule has 0 amide bonds. The quantitative estimate of drug-likeness (QED) is 0.306. The molecule has 2 rings (SSSR count). The van der Waals surface area contributed by atoms with E-state index in [0.29, 0.717) is 5.02 Å². The number of esters is 2. The van der Waals surface area contributed by atoms with Crippen molar-refractivity contribution in [1.29, 1.82) is 0 Å². The summed E-state index contributed by atoms with van der Waals surface area (Å²) >= 11 is 18.0. The number of hydrogen-bond donors (Lipinski definition) is 0. The summed E-state index contributed by atoms with van der Waals surface area (Å²) in [6.07, 6.45) is -1.07. The number of methoxy groups -OCH3 is 1. The summed E-state index contributed by atoms with van der Waals surface area (Å²) in [5, 5.41) is 11.8. The minimum Gasteiger partial charge on any atom is -0.469 e. The van der Waals surface area contributed by atoms with Gasteiger partial charge in [0.25, 0.3) is 5.69 Å². The number of nitro benzene ring substituents is 1. The molecule has 0 bridgehead atoms. The molecule has 2 aromatic rings. The predicted octanol–water partition coefficient (Wildman–Crippen LogP) is 5.46. The summed E-state index contributed by atoms with van der Waals surface area (Å²) in [5.41, 5.74) is -0.869. The lowest BCUT2D eigenvalue weighted by Gasteiger charge is -2.14. The molecular weight excluding hydrogens is 449 g/mol. The Kier molecular flexibility index (Phi) is 7.66. The topological polar surface area (TPSA) is 105 Å². The number of carbonyl (C=O) groups is 2. The first kappa shape index (κ1) is 22.7. The first-order chi connectivity index (χ1) is 13.6. The van der Waals surface area contributed by atoms with E-state index in [2.05, 4.69) is 4.74 Å². The van der Waals surface area contributed by atoms with Crippen LogP contribution in [-0.2, 0) is 14.3 Å². The van der Waals surface area contributed by atoms with Crippen molar-refractivity contribution >= 4 is 52.4 Å². The third-order valence-electron chi connectivity index (χ3n) is 3.56. The second-order valence-corrected chi connectivity index (χ2v) is 6.98. The summed E-state index contributed by atoms with van der Waals surface area (Å²) < 4.78 is 15.2. The van der Waals surface area contributed by atoms with Gasteiger partial charge in [0.15, 0.2) is 5.75 Å². The Hall–Kier alpha value is -2.55. The molecule has 0 aromatic heterocycles. The summed E-state index contributed by atoms with van der Waals surface area (Å²) in [4.78, 5) is 34.2. The molecule has 0 spiro atoms. The van der Waals surface area contributed by atoms with Crippen LogP contribution in [0, 0.1) is 10.1 Å². The third-order valence-corrected chi connectivity index (χ3v) is 4.34. The van der Waals surface area contributed by atoms with Gasteiger partial charge >= 0.3 is 11.9 Å². The van der Waals surface area contributed by atoms with E-state index in [1.54, 1.807) is 0 Å². The van der Waals surface area contributed by atoms with Crippen LogP contribution in [0.1, 0.15) is 23.7 Å². The molecule has 154 valence electrons. The van der Waals surface area contributed by atoms with E-state index < -0.39 is 28.7 Å². The zero-order chi connectivity index (χ0) is 21.7. The molecule has 0 aliphatic rings. The van der Waals surface area contributed by atoms with E-state index in [1.807, 2.05) is 0 Å². The van der Waals surface area contributed by atoms with Crippen molar-refractivity contribution in [3.05, 3.63) is 61.1 Å². The maximum Gasteiger partial charge on any atom is 0.345 e. The van der Waals surface area contributed by atoms with Gasteiger partial charge in [-0.25, -0.2) is 4.79 Å². The third kappa shape index (κ3) is 5.96. The lowest BCUT2D eigenvalue weighted by molar-refractivity contribution is -0.385. The standard InChI is InChI=1S/C18H14Cl3NO7/c1-9(5-16(23)27-2)28-18(24)12-8-11(3-4-15(12)22(25)26)29-17-13(20)6-10(19)7-14(17)21/h3-4,6-9H,5H2,1-2H3. The average Bonchev–Trinajstić information content (AvgIpc) is 2.63. The number of rotatable bonds is 7. The van der Waals surface area contributed by atoms with Crippen LogP contribution in [0.3, 0.4) is 0 Å². The van der Waals surface area contributed by atoms with Crippen molar-refractivity contribution in [2.24, 2.45) is 0 Å². The van der Waals surface area contributed by atoms with E-state index in [-0.39, 0.29) is 33.5 Å². The number of hydrogen-bond acceptors (Lipinski definition) is 7. The van der Waals surface area contributed by atoms with Crippen LogP contribution < -0.4 is 4.74 Å². The molecule has 0 aliphatic heterocycles. The van der Waals surface area contributed by atoms with Gasteiger partial charge < -0.3 is 14.2 Å². The molecule has 0 aliphatic carbocycles.